The van der Waals surface area contributed by atoms with Crippen molar-refractivity contribution >= 4 is 6.09 Å². The normalized spacial score (nSPS) is 14.9. The quantitative estimate of drug-likeness (QED) is 0.734. The summed E-state index contributed by atoms with van der Waals surface area (Å²) in [5, 5.41) is 2.26. The molecule has 15 heavy (non-hydrogen) atoms. The molecule has 1 aliphatic heterocycles. The number of nitrogens with one attached hydrogen (secondary N) is 1. The number of aromatic amines is 1. The lowest BCUT2D eigenvalue weighted by Gasteiger charge is -2.24. The van der Waals surface area contributed by atoms with Crippen LogP contribution in [0.4, 0.5) is 4.79 Å². The first-order chi connectivity index (χ1) is 7.22. The van der Waals surface area contributed by atoms with E-state index < -0.39 is 0 Å². The van der Waals surface area contributed by atoms with Gasteiger partial charge in [-0.25, -0.2) is 4.79 Å². The highest BCUT2D eigenvalue weighted by molar-refractivity contribution is 5.68. The summed E-state index contributed by atoms with van der Waals surface area (Å²) in [6.07, 6.45) is 0.163. The molecular weight excluding hydrogens is 200 g/mol. The Balaban J connectivity index is 2.14. The Morgan fingerprint density at radius 2 is 2.47 bits per heavy atom. The number of aromatic nitrogens is 1. The van der Waals surface area contributed by atoms with Crippen LogP contribution in [-0.2, 0) is 17.7 Å². The second-order valence-electron chi connectivity index (χ2n) is 3.31. The minimum atomic E-state index is -0.385. The summed E-state index contributed by atoms with van der Waals surface area (Å²) in [5.41, 5.74) is 0.258. The van der Waals surface area contributed by atoms with Crippen molar-refractivity contribution in [2.45, 2.75) is 19.9 Å². The molecule has 0 atom stereocenters. The summed E-state index contributed by atoms with van der Waals surface area (Å²) in [5.74, 6) is 0.639. The van der Waals surface area contributed by atoms with E-state index in [1.54, 1.807) is 6.92 Å². The Bertz CT molecular complexity index is 420. The Hall–Kier alpha value is -1.72. The highest BCUT2D eigenvalue weighted by Gasteiger charge is 2.26. The van der Waals surface area contributed by atoms with Gasteiger partial charge >= 0.3 is 6.09 Å². The van der Waals surface area contributed by atoms with E-state index in [1.807, 2.05) is 0 Å². The minimum Gasteiger partial charge on any atom is -0.450 e. The van der Waals surface area contributed by atoms with Crippen LogP contribution in [0, 0.1) is 0 Å². The molecule has 2 heterocycles. The Morgan fingerprint density at radius 1 is 1.67 bits per heavy atom. The third-order valence-electron chi connectivity index (χ3n) is 2.36. The fourth-order valence-corrected chi connectivity index (χ4v) is 1.60. The van der Waals surface area contributed by atoms with Crippen LogP contribution in [0.5, 0.6) is 0 Å². The summed E-state index contributed by atoms with van der Waals surface area (Å²) < 4.78 is 9.82. The summed E-state index contributed by atoms with van der Waals surface area (Å²) in [4.78, 5) is 24.2. The molecule has 1 amide bonds. The number of carbonyl (C=O) groups is 1. The van der Waals surface area contributed by atoms with Gasteiger partial charge in [0.2, 0.25) is 0 Å². The molecule has 6 nitrogen and oxygen atoms in total. The molecule has 0 radical (unpaired) electrons. The van der Waals surface area contributed by atoms with Crippen LogP contribution in [0.3, 0.4) is 0 Å². The van der Waals surface area contributed by atoms with Gasteiger partial charge in [-0.15, -0.1) is 0 Å². The molecule has 1 aliphatic rings. The van der Waals surface area contributed by atoms with Crippen molar-refractivity contribution in [2.24, 2.45) is 0 Å². The SMILES string of the molecule is CCOC(=O)N1CCc2o[nH]c(=O)c2C1. The van der Waals surface area contributed by atoms with Crippen molar-refractivity contribution in [3.8, 4) is 0 Å². The molecule has 0 saturated carbocycles. The van der Waals surface area contributed by atoms with Gasteiger partial charge in [0.15, 0.2) is 0 Å². The maximum atomic E-state index is 11.4. The predicted octanol–water partition coefficient (Wildman–Crippen LogP) is 0.483. The number of hydrogen-bond donors (Lipinski definition) is 1. The first-order valence-electron chi connectivity index (χ1n) is 4.83. The van der Waals surface area contributed by atoms with E-state index in [2.05, 4.69) is 5.16 Å². The van der Waals surface area contributed by atoms with Gasteiger partial charge in [0.05, 0.1) is 18.7 Å². The van der Waals surface area contributed by atoms with E-state index in [0.29, 0.717) is 30.9 Å². The third kappa shape index (κ3) is 1.74. The number of fused-ring (bicyclic) bond motifs is 1. The maximum Gasteiger partial charge on any atom is 0.410 e. The molecule has 0 spiro atoms. The molecule has 2 rings (SSSR count). The van der Waals surface area contributed by atoms with Crippen molar-refractivity contribution in [3.63, 3.8) is 0 Å². The first-order valence-corrected chi connectivity index (χ1v) is 4.83. The lowest BCUT2D eigenvalue weighted by atomic mass is 10.1. The molecule has 0 saturated heterocycles. The smallest absolute Gasteiger partial charge is 0.410 e. The van der Waals surface area contributed by atoms with Gasteiger partial charge in [-0.2, -0.15) is 5.16 Å². The third-order valence-corrected chi connectivity index (χ3v) is 2.36. The van der Waals surface area contributed by atoms with Crippen LogP contribution in [0.2, 0.25) is 0 Å². The van der Waals surface area contributed by atoms with Crippen molar-refractivity contribution in [3.05, 3.63) is 21.7 Å². The summed E-state index contributed by atoms with van der Waals surface area (Å²) in [6.45, 7) is 2.87. The highest BCUT2D eigenvalue weighted by atomic mass is 16.6. The van der Waals surface area contributed by atoms with Gasteiger partial charge in [-0.05, 0) is 6.92 Å². The van der Waals surface area contributed by atoms with E-state index in [4.69, 9.17) is 9.26 Å². The fraction of sp³-hybridized carbons (Fsp3) is 0.556. The molecular formula is C9H12N2O4. The molecule has 1 aromatic heterocycles. The first kappa shape index (κ1) is 9.82. The summed E-state index contributed by atoms with van der Waals surface area (Å²) >= 11 is 0. The Labute approximate surface area is 85.8 Å². The van der Waals surface area contributed by atoms with Crippen LogP contribution >= 0.6 is 0 Å². The largest absolute Gasteiger partial charge is 0.450 e. The molecule has 0 aromatic carbocycles. The number of nitrogens with zero attached hydrogens (tertiary/aromatic N) is 1. The minimum absolute atomic E-state index is 0.264. The zero-order chi connectivity index (χ0) is 10.8. The fourth-order valence-electron chi connectivity index (χ4n) is 1.60. The summed E-state index contributed by atoms with van der Waals surface area (Å²) in [7, 11) is 0. The molecule has 82 valence electrons. The van der Waals surface area contributed by atoms with Crippen LogP contribution in [0.25, 0.3) is 0 Å². The molecule has 0 unspecified atom stereocenters. The zero-order valence-corrected chi connectivity index (χ0v) is 8.41. The Kier molecular flexibility index (Phi) is 2.49. The highest BCUT2D eigenvalue weighted by Crippen LogP contribution is 2.15. The van der Waals surface area contributed by atoms with E-state index in [9.17, 15) is 9.59 Å². The molecule has 0 fully saturated rings. The molecule has 1 aromatic rings. The monoisotopic (exact) mass is 212 g/mol. The van der Waals surface area contributed by atoms with Gasteiger partial charge < -0.3 is 14.2 Å². The predicted molar refractivity (Wildman–Crippen MR) is 50.5 cm³/mol. The van der Waals surface area contributed by atoms with E-state index in [0.717, 1.165) is 0 Å². The second-order valence-corrected chi connectivity index (χ2v) is 3.31. The number of amides is 1. The van der Waals surface area contributed by atoms with E-state index >= 15 is 0 Å². The average molecular weight is 212 g/mol. The number of rotatable bonds is 1. The maximum absolute atomic E-state index is 11.4. The average Bonchev–Trinajstić information content (AvgIpc) is 2.60. The van der Waals surface area contributed by atoms with Crippen LogP contribution in [-0.4, -0.2) is 29.3 Å². The topological polar surface area (TPSA) is 75.5 Å². The van der Waals surface area contributed by atoms with Crippen molar-refractivity contribution in [1.82, 2.24) is 10.1 Å². The van der Waals surface area contributed by atoms with E-state index in [1.165, 1.54) is 4.90 Å². The van der Waals surface area contributed by atoms with Gasteiger partial charge in [0.25, 0.3) is 5.56 Å². The van der Waals surface area contributed by atoms with Crippen LogP contribution < -0.4 is 5.56 Å². The lowest BCUT2D eigenvalue weighted by Crippen LogP contribution is -2.37. The number of H-pyrrole nitrogens is 1. The Morgan fingerprint density at radius 3 is 3.20 bits per heavy atom. The number of carbonyl (C=O) groups excluding carboxylic acids is 1. The van der Waals surface area contributed by atoms with Gasteiger partial charge in [-0.1, -0.05) is 0 Å². The van der Waals surface area contributed by atoms with Gasteiger partial charge in [0, 0.05) is 13.0 Å². The molecule has 6 heteroatoms. The molecule has 1 N–H and O–H groups in total. The van der Waals surface area contributed by atoms with Crippen molar-refractivity contribution in [1.29, 1.82) is 0 Å². The lowest BCUT2D eigenvalue weighted by molar-refractivity contribution is 0.101. The van der Waals surface area contributed by atoms with Crippen LogP contribution in [0.15, 0.2) is 9.32 Å². The number of hydrogen-bond acceptors (Lipinski definition) is 4. The zero-order valence-electron chi connectivity index (χ0n) is 8.41. The summed E-state index contributed by atoms with van der Waals surface area (Å²) in [6, 6.07) is 0. The molecule has 0 bridgehead atoms. The van der Waals surface area contributed by atoms with Gasteiger partial charge in [-0.3, -0.25) is 4.79 Å². The van der Waals surface area contributed by atoms with Crippen LogP contribution in [0.1, 0.15) is 18.2 Å². The van der Waals surface area contributed by atoms with Crippen molar-refractivity contribution in [2.75, 3.05) is 13.2 Å². The van der Waals surface area contributed by atoms with E-state index in [-0.39, 0.29) is 18.2 Å². The van der Waals surface area contributed by atoms with Gasteiger partial charge in [0.1, 0.15) is 5.76 Å². The second kappa shape index (κ2) is 3.80. The number of ether oxygens (including phenoxy) is 1. The standard InChI is InChI=1S/C9H12N2O4/c1-2-14-9(13)11-4-3-7-6(5-11)8(12)10-15-7/h2-5H2,1H3,(H,10,12). The molecule has 0 aliphatic carbocycles. The van der Waals surface area contributed by atoms with Crippen molar-refractivity contribution < 1.29 is 14.1 Å².